The van der Waals surface area contributed by atoms with Crippen LogP contribution in [0.2, 0.25) is 0 Å². The van der Waals surface area contributed by atoms with E-state index in [0.29, 0.717) is 5.89 Å². The molecule has 0 aliphatic rings. The molecule has 0 saturated carbocycles. The van der Waals surface area contributed by atoms with Gasteiger partial charge in [-0.15, -0.1) is 0 Å². The van der Waals surface area contributed by atoms with Crippen LogP contribution in [0, 0.1) is 13.8 Å². The lowest BCUT2D eigenvalue weighted by molar-refractivity contribution is 0.572. The van der Waals surface area contributed by atoms with Crippen LogP contribution in [0.5, 0.6) is 0 Å². The number of oxazole rings is 1. The van der Waals surface area contributed by atoms with Gasteiger partial charge in [-0.25, -0.2) is 4.98 Å². The number of aromatic nitrogens is 1. The van der Waals surface area contributed by atoms with Gasteiger partial charge in [0.05, 0.1) is 12.2 Å². The summed E-state index contributed by atoms with van der Waals surface area (Å²) >= 11 is 0. The molecule has 0 aliphatic carbocycles. The average Bonchev–Trinajstić information content (AvgIpc) is 2.96. The summed E-state index contributed by atoms with van der Waals surface area (Å²) in [5.41, 5.74) is 5.58. The Morgan fingerprint density at radius 3 is 2.55 bits per heavy atom. The number of aryl methyl sites for hydroxylation is 2. The first-order valence-electron chi connectivity index (χ1n) is 7.42. The van der Waals surface area contributed by atoms with Crippen LogP contribution in [0.3, 0.4) is 0 Å². The first-order valence-corrected chi connectivity index (χ1v) is 7.42. The van der Waals surface area contributed by atoms with Gasteiger partial charge in [-0.05, 0) is 37.6 Å². The van der Waals surface area contributed by atoms with E-state index in [9.17, 15) is 0 Å². The lowest BCUT2D eigenvalue weighted by atomic mass is 10.1. The van der Waals surface area contributed by atoms with Gasteiger partial charge in [-0.1, -0.05) is 35.9 Å². The third-order valence-electron chi connectivity index (χ3n) is 3.76. The lowest BCUT2D eigenvalue weighted by Crippen LogP contribution is -2.16. The fourth-order valence-corrected chi connectivity index (χ4v) is 2.57. The highest BCUT2D eigenvalue weighted by Gasteiger charge is 2.11. The highest BCUT2D eigenvalue weighted by molar-refractivity contribution is 5.59. The topological polar surface area (TPSA) is 29.3 Å². The third kappa shape index (κ3) is 3.03. The Balaban J connectivity index is 1.79. The van der Waals surface area contributed by atoms with Crippen LogP contribution in [0.4, 0.5) is 5.69 Å². The highest BCUT2D eigenvalue weighted by atomic mass is 16.3. The van der Waals surface area contributed by atoms with E-state index in [2.05, 4.69) is 61.1 Å². The van der Waals surface area contributed by atoms with Crippen molar-refractivity contribution in [3.63, 3.8) is 0 Å². The summed E-state index contributed by atoms with van der Waals surface area (Å²) in [6.07, 6.45) is 1.74. The van der Waals surface area contributed by atoms with E-state index in [1.807, 2.05) is 18.2 Å². The number of hydrogen-bond acceptors (Lipinski definition) is 3. The molecular formula is C19H20N2O. The van der Waals surface area contributed by atoms with Gasteiger partial charge in [0.1, 0.15) is 6.26 Å². The second-order valence-corrected chi connectivity index (χ2v) is 5.65. The molecule has 112 valence electrons. The van der Waals surface area contributed by atoms with E-state index in [4.69, 9.17) is 4.42 Å². The van der Waals surface area contributed by atoms with Crippen molar-refractivity contribution in [2.24, 2.45) is 0 Å². The molecule has 3 nitrogen and oxygen atoms in total. The van der Waals surface area contributed by atoms with Crippen LogP contribution in [-0.4, -0.2) is 12.0 Å². The summed E-state index contributed by atoms with van der Waals surface area (Å²) in [7, 11) is 2.06. The van der Waals surface area contributed by atoms with Crippen LogP contribution in [0.1, 0.15) is 16.8 Å². The van der Waals surface area contributed by atoms with Gasteiger partial charge in [0, 0.05) is 18.3 Å². The molecule has 3 rings (SSSR count). The zero-order valence-corrected chi connectivity index (χ0v) is 13.2. The minimum Gasteiger partial charge on any atom is -0.444 e. The molecule has 0 atom stereocenters. The van der Waals surface area contributed by atoms with Gasteiger partial charge >= 0.3 is 0 Å². The van der Waals surface area contributed by atoms with Gasteiger partial charge < -0.3 is 9.32 Å². The van der Waals surface area contributed by atoms with Gasteiger partial charge in [0.15, 0.2) is 0 Å². The van der Waals surface area contributed by atoms with Gasteiger partial charge in [-0.2, -0.15) is 0 Å². The maximum absolute atomic E-state index is 5.67. The van der Waals surface area contributed by atoms with Gasteiger partial charge in [-0.3, -0.25) is 0 Å². The second kappa shape index (κ2) is 6.06. The monoisotopic (exact) mass is 292 g/mol. The molecule has 0 spiro atoms. The Labute approximate surface area is 131 Å². The Bertz CT molecular complexity index is 762. The van der Waals surface area contributed by atoms with Crippen molar-refractivity contribution in [2.75, 3.05) is 11.9 Å². The summed E-state index contributed by atoms with van der Waals surface area (Å²) in [6, 6.07) is 16.6. The highest BCUT2D eigenvalue weighted by Crippen LogP contribution is 2.24. The van der Waals surface area contributed by atoms with Crippen molar-refractivity contribution in [1.29, 1.82) is 0 Å². The molecule has 0 radical (unpaired) electrons. The van der Waals surface area contributed by atoms with E-state index in [0.717, 1.165) is 17.8 Å². The van der Waals surface area contributed by atoms with Gasteiger partial charge in [0.25, 0.3) is 0 Å². The number of benzene rings is 2. The minimum absolute atomic E-state index is 0.689. The maximum Gasteiger partial charge on any atom is 0.226 e. The summed E-state index contributed by atoms with van der Waals surface area (Å²) in [5.74, 6) is 0.689. The van der Waals surface area contributed by atoms with E-state index >= 15 is 0 Å². The van der Waals surface area contributed by atoms with Crippen molar-refractivity contribution in [1.82, 2.24) is 4.98 Å². The molecule has 0 amide bonds. The molecule has 1 heterocycles. The van der Waals surface area contributed by atoms with Crippen LogP contribution >= 0.6 is 0 Å². The third-order valence-corrected chi connectivity index (χ3v) is 3.76. The fraction of sp³-hybridized carbons (Fsp3) is 0.211. The molecule has 22 heavy (non-hydrogen) atoms. The van der Waals surface area contributed by atoms with E-state index in [1.54, 1.807) is 6.26 Å². The summed E-state index contributed by atoms with van der Waals surface area (Å²) in [5, 5.41) is 0. The minimum atomic E-state index is 0.689. The zero-order chi connectivity index (χ0) is 15.5. The predicted octanol–water partition coefficient (Wildman–Crippen LogP) is 4.59. The number of anilines is 1. The molecule has 0 saturated heterocycles. The summed E-state index contributed by atoms with van der Waals surface area (Å²) in [4.78, 5) is 6.78. The SMILES string of the molecule is Cc1ccc(-c2nc(CN(C)c3ccccc3)co2)c(C)c1. The number of nitrogens with zero attached hydrogens (tertiary/aromatic N) is 2. The second-order valence-electron chi connectivity index (χ2n) is 5.65. The molecule has 1 aromatic heterocycles. The van der Waals surface area contributed by atoms with Crippen molar-refractivity contribution in [3.05, 3.63) is 71.6 Å². The maximum atomic E-state index is 5.67. The Morgan fingerprint density at radius 2 is 1.82 bits per heavy atom. The first-order chi connectivity index (χ1) is 10.6. The Kier molecular flexibility index (Phi) is 3.96. The van der Waals surface area contributed by atoms with Crippen molar-refractivity contribution < 1.29 is 4.42 Å². The molecule has 0 fully saturated rings. The number of para-hydroxylation sites is 1. The smallest absolute Gasteiger partial charge is 0.226 e. The number of rotatable bonds is 4. The van der Waals surface area contributed by atoms with Crippen LogP contribution in [0.25, 0.3) is 11.5 Å². The summed E-state index contributed by atoms with van der Waals surface area (Å²) in [6.45, 7) is 4.90. The van der Waals surface area contributed by atoms with Crippen LogP contribution in [-0.2, 0) is 6.54 Å². The molecular weight excluding hydrogens is 272 g/mol. The molecule has 0 bridgehead atoms. The molecule has 0 unspecified atom stereocenters. The largest absolute Gasteiger partial charge is 0.444 e. The van der Waals surface area contributed by atoms with Crippen molar-refractivity contribution >= 4 is 5.69 Å². The average molecular weight is 292 g/mol. The quantitative estimate of drug-likeness (QED) is 0.704. The fourth-order valence-electron chi connectivity index (χ4n) is 2.57. The Hall–Kier alpha value is -2.55. The predicted molar refractivity (Wildman–Crippen MR) is 90.0 cm³/mol. The molecule has 0 aliphatic heterocycles. The lowest BCUT2D eigenvalue weighted by Gasteiger charge is -2.17. The van der Waals surface area contributed by atoms with E-state index in [1.165, 1.54) is 16.8 Å². The molecule has 0 N–H and O–H groups in total. The van der Waals surface area contributed by atoms with E-state index < -0.39 is 0 Å². The molecule has 3 heteroatoms. The normalized spacial score (nSPS) is 10.7. The zero-order valence-electron chi connectivity index (χ0n) is 13.2. The standard InChI is InChI=1S/C19H20N2O/c1-14-9-10-18(15(2)11-14)19-20-16(13-22-19)12-21(3)17-7-5-4-6-8-17/h4-11,13H,12H2,1-3H3. The number of hydrogen-bond donors (Lipinski definition) is 0. The Morgan fingerprint density at radius 1 is 1.05 bits per heavy atom. The van der Waals surface area contributed by atoms with Crippen LogP contribution in [0.15, 0.2) is 59.2 Å². The summed E-state index contributed by atoms with van der Waals surface area (Å²) < 4.78 is 5.67. The first kappa shape index (κ1) is 14.4. The van der Waals surface area contributed by atoms with Crippen molar-refractivity contribution in [2.45, 2.75) is 20.4 Å². The van der Waals surface area contributed by atoms with E-state index in [-0.39, 0.29) is 0 Å². The molecule has 2 aromatic carbocycles. The van der Waals surface area contributed by atoms with Gasteiger partial charge in [0.2, 0.25) is 5.89 Å². The van der Waals surface area contributed by atoms with Crippen LogP contribution < -0.4 is 4.90 Å². The molecule has 3 aromatic rings. The van der Waals surface area contributed by atoms with Crippen molar-refractivity contribution in [3.8, 4) is 11.5 Å².